The molecule has 2 heteroatoms. The molecule has 1 nitrogen and oxygen atoms in total. The van der Waals surface area contributed by atoms with Crippen LogP contribution in [0.25, 0.3) is 0 Å². The molecule has 0 rings (SSSR count). The highest BCUT2D eigenvalue weighted by Gasteiger charge is 2.21. The summed E-state index contributed by atoms with van der Waals surface area (Å²) in [7, 11) is 0. The third-order valence-electron chi connectivity index (χ3n) is 1.42. The van der Waals surface area contributed by atoms with Gasteiger partial charge in [0, 0.05) is 5.41 Å². The Morgan fingerprint density at radius 2 is 1.91 bits per heavy atom. The van der Waals surface area contributed by atoms with E-state index >= 15 is 0 Å². The summed E-state index contributed by atoms with van der Waals surface area (Å²) < 4.78 is 11.8. The SMILES string of the molecule is C/C(=C\CF)C(=O)C(C)(C)C. The van der Waals surface area contributed by atoms with Crippen LogP contribution in [-0.2, 0) is 4.79 Å². The summed E-state index contributed by atoms with van der Waals surface area (Å²) in [5, 5.41) is 0. The first-order valence-electron chi connectivity index (χ1n) is 3.67. The number of carbonyl (C=O) groups is 1. The largest absolute Gasteiger partial charge is 0.294 e. The first-order valence-corrected chi connectivity index (χ1v) is 3.67. The zero-order chi connectivity index (χ0) is 9.07. The fraction of sp³-hybridized carbons (Fsp3) is 0.667. The van der Waals surface area contributed by atoms with Crippen LogP contribution >= 0.6 is 0 Å². The Bertz CT molecular complexity index is 174. The van der Waals surface area contributed by atoms with Gasteiger partial charge in [-0.25, -0.2) is 4.39 Å². The summed E-state index contributed by atoms with van der Waals surface area (Å²) in [4.78, 5) is 11.3. The van der Waals surface area contributed by atoms with Crippen molar-refractivity contribution in [3.05, 3.63) is 11.6 Å². The van der Waals surface area contributed by atoms with Gasteiger partial charge in [0.15, 0.2) is 5.78 Å². The Balaban J connectivity index is 4.39. The van der Waals surface area contributed by atoms with E-state index in [2.05, 4.69) is 0 Å². The van der Waals surface area contributed by atoms with E-state index < -0.39 is 12.1 Å². The molecule has 0 aromatic heterocycles. The van der Waals surface area contributed by atoms with Gasteiger partial charge >= 0.3 is 0 Å². The maximum absolute atomic E-state index is 11.8. The van der Waals surface area contributed by atoms with Crippen LogP contribution in [0.2, 0.25) is 0 Å². The molecule has 11 heavy (non-hydrogen) atoms. The number of hydrogen-bond acceptors (Lipinski definition) is 1. The number of ketones is 1. The zero-order valence-corrected chi connectivity index (χ0v) is 7.57. The van der Waals surface area contributed by atoms with E-state index in [1.165, 1.54) is 6.08 Å². The van der Waals surface area contributed by atoms with Gasteiger partial charge in [-0.2, -0.15) is 0 Å². The number of hydrogen-bond donors (Lipinski definition) is 0. The van der Waals surface area contributed by atoms with Crippen molar-refractivity contribution in [2.75, 3.05) is 6.67 Å². The van der Waals surface area contributed by atoms with Crippen LogP contribution in [0, 0.1) is 5.41 Å². The molecule has 0 aliphatic heterocycles. The molecule has 0 radical (unpaired) electrons. The molecule has 0 saturated heterocycles. The first kappa shape index (κ1) is 10.3. The van der Waals surface area contributed by atoms with E-state index in [1.54, 1.807) is 6.92 Å². The monoisotopic (exact) mass is 158 g/mol. The number of carbonyl (C=O) groups excluding carboxylic acids is 1. The second kappa shape index (κ2) is 3.65. The summed E-state index contributed by atoms with van der Waals surface area (Å²) in [5.41, 5.74) is 0.121. The van der Waals surface area contributed by atoms with E-state index in [-0.39, 0.29) is 5.78 Å². The van der Waals surface area contributed by atoms with Crippen molar-refractivity contribution in [1.29, 1.82) is 0 Å². The van der Waals surface area contributed by atoms with Gasteiger partial charge in [-0.05, 0) is 18.6 Å². The van der Waals surface area contributed by atoms with Crippen LogP contribution in [0.4, 0.5) is 4.39 Å². The lowest BCUT2D eigenvalue weighted by Crippen LogP contribution is -2.20. The number of alkyl halides is 1. The van der Waals surface area contributed by atoms with Crippen molar-refractivity contribution in [2.24, 2.45) is 5.41 Å². The summed E-state index contributed by atoms with van der Waals surface area (Å²) >= 11 is 0. The second-order valence-electron chi connectivity index (χ2n) is 3.62. The molecule has 0 aliphatic rings. The highest BCUT2D eigenvalue weighted by atomic mass is 19.1. The minimum absolute atomic E-state index is 0.00940. The van der Waals surface area contributed by atoms with Crippen molar-refractivity contribution in [3.63, 3.8) is 0 Å². The summed E-state index contributed by atoms with van der Waals surface area (Å²) in [6, 6.07) is 0. The second-order valence-corrected chi connectivity index (χ2v) is 3.62. The van der Waals surface area contributed by atoms with Gasteiger partial charge in [-0.15, -0.1) is 0 Å². The fourth-order valence-corrected chi connectivity index (χ4v) is 0.800. The number of Topliss-reactive ketones (excluding diaryl/α,β-unsaturated/α-hetero) is 1. The molecule has 0 bridgehead atoms. The van der Waals surface area contributed by atoms with Crippen LogP contribution < -0.4 is 0 Å². The Hall–Kier alpha value is -0.660. The quantitative estimate of drug-likeness (QED) is 0.564. The highest BCUT2D eigenvalue weighted by molar-refractivity contribution is 5.98. The number of rotatable bonds is 2. The van der Waals surface area contributed by atoms with Gasteiger partial charge in [0.25, 0.3) is 0 Å². The van der Waals surface area contributed by atoms with Gasteiger partial charge in [0.2, 0.25) is 0 Å². The first-order chi connectivity index (χ1) is 4.89. The third kappa shape index (κ3) is 3.30. The molecule has 64 valence electrons. The van der Waals surface area contributed by atoms with Crippen LogP contribution in [0.3, 0.4) is 0 Å². The molecule has 0 fully saturated rings. The van der Waals surface area contributed by atoms with Crippen molar-refractivity contribution in [2.45, 2.75) is 27.7 Å². The van der Waals surface area contributed by atoms with E-state index in [0.717, 1.165) is 0 Å². The van der Waals surface area contributed by atoms with Crippen LogP contribution in [0.5, 0.6) is 0 Å². The molecule has 0 spiro atoms. The zero-order valence-electron chi connectivity index (χ0n) is 7.57. The van der Waals surface area contributed by atoms with Gasteiger partial charge in [-0.1, -0.05) is 20.8 Å². The summed E-state index contributed by atoms with van der Waals surface area (Å²) in [6.07, 6.45) is 1.31. The van der Waals surface area contributed by atoms with Crippen LogP contribution in [0.15, 0.2) is 11.6 Å². The Kier molecular flexibility index (Phi) is 3.43. The van der Waals surface area contributed by atoms with Gasteiger partial charge in [-0.3, -0.25) is 4.79 Å². The summed E-state index contributed by atoms with van der Waals surface area (Å²) in [6.45, 7) is 6.56. The Morgan fingerprint density at radius 1 is 1.45 bits per heavy atom. The van der Waals surface area contributed by atoms with Crippen molar-refractivity contribution < 1.29 is 9.18 Å². The highest BCUT2D eigenvalue weighted by Crippen LogP contribution is 2.19. The van der Waals surface area contributed by atoms with Crippen LogP contribution in [0.1, 0.15) is 27.7 Å². The molecule has 0 aromatic rings. The normalized spacial score (nSPS) is 13.4. The van der Waals surface area contributed by atoms with E-state index in [0.29, 0.717) is 5.57 Å². The van der Waals surface area contributed by atoms with Crippen LogP contribution in [-0.4, -0.2) is 12.5 Å². The predicted octanol–water partition coefficient (Wildman–Crippen LogP) is 2.52. The van der Waals surface area contributed by atoms with E-state index in [1.807, 2.05) is 20.8 Å². The molecule has 0 unspecified atom stereocenters. The lowest BCUT2D eigenvalue weighted by molar-refractivity contribution is -0.122. The van der Waals surface area contributed by atoms with Crippen molar-refractivity contribution in [3.8, 4) is 0 Å². The van der Waals surface area contributed by atoms with Gasteiger partial charge < -0.3 is 0 Å². The standard InChI is InChI=1S/C9H15FO/c1-7(5-6-10)8(11)9(2,3)4/h5H,6H2,1-4H3/b7-5+. The fourth-order valence-electron chi connectivity index (χ4n) is 0.800. The molecule has 0 heterocycles. The molecule has 0 saturated carbocycles. The van der Waals surface area contributed by atoms with Crippen molar-refractivity contribution >= 4 is 5.78 Å². The molecule has 0 aromatic carbocycles. The minimum atomic E-state index is -0.562. The minimum Gasteiger partial charge on any atom is -0.294 e. The lowest BCUT2D eigenvalue weighted by atomic mass is 9.87. The summed E-state index contributed by atoms with van der Waals surface area (Å²) in [5.74, 6) is 0.00940. The molecular weight excluding hydrogens is 143 g/mol. The van der Waals surface area contributed by atoms with E-state index in [4.69, 9.17) is 0 Å². The molecule has 0 aliphatic carbocycles. The number of halogens is 1. The number of allylic oxidation sites excluding steroid dienone is 2. The van der Waals surface area contributed by atoms with E-state index in [9.17, 15) is 9.18 Å². The maximum atomic E-state index is 11.8. The molecule has 0 N–H and O–H groups in total. The van der Waals surface area contributed by atoms with Crippen molar-refractivity contribution in [1.82, 2.24) is 0 Å². The Morgan fingerprint density at radius 3 is 2.18 bits per heavy atom. The molecular formula is C9H15FO. The third-order valence-corrected chi connectivity index (χ3v) is 1.42. The molecule has 0 amide bonds. The topological polar surface area (TPSA) is 17.1 Å². The average Bonchev–Trinajstić information content (AvgIpc) is 1.85. The van der Waals surface area contributed by atoms with Gasteiger partial charge in [0.05, 0.1) is 0 Å². The van der Waals surface area contributed by atoms with Gasteiger partial charge in [0.1, 0.15) is 6.67 Å². The maximum Gasteiger partial charge on any atom is 0.163 e. The predicted molar refractivity (Wildman–Crippen MR) is 44.2 cm³/mol. The lowest BCUT2D eigenvalue weighted by Gasteiger charge is -2.16. The smallest absolute Gasteiger partial charge is 0.163 e. The molecule has 0 atom stereocenters. The average molecular weight is 158 g/mol. The Labute approximate surface area is 67.3 Å².